The first-order valence-electron chi connectivity index (χ1n) is 11.4. The first-order valence-corrected chi connectivity index (χ1v) is 12.3. The van der Waals surface area contributed by atoms with Crippen LogP contribution in [0.3, 0.4) is 0 Å². The van der Waals surface area contributed by atoms with Gasteiger partial charge in [-0.05, 0) is 32.3 Å². The monoisotopic (exact) mass is 483 g/mol. The van der Waals surface area contributed by atoms with Crippen molar-refractivity contribution >= 4 is 28.7 Å². The summed E-state index contributed by atoms with van der Waals surface area (Å²) in [6.45, 7) is 9.67. The van der Waals surface area contributed by atoms with Crippen LogP contribution in [0.25, 0.3) is 11.0 Å². The van der Waals surface area contributed by atoms with Crippen LogP contribution >= 0.6 is 11.8 Å². The zero-order valence-electron chi connectivity index (χ0n) is 20.9. The highest BCUT2D eigenvalue weighted by atomic mass is 32.2. The van der Waals surface area contributed by atoms with E-state index >= 15 is 0 Å². The molecule has 2 atom stereocenters. The minimum absolute atomic E-state index is 0.00303. The Kier molecular flexibility index (Phi) is 7.65. The molecule has 1 amide bonds. The van der Waals surface area contributed by atoms with Crippen molar-refractivity contribution in [3.63, 3.8) is 0 Å². The van der Waals surface area contributed by atoms with Crippen molar-refractivity contribution in [1.29, 1.82) is 0 Å². The highest BCUT2D eigenvalue weighted by Gasteiger charge is 2.26. The number of fused-ring (bicyclic) bond motifs is 1. The maximum absolute atomic E-state index is 13.0. The Morgan fingerprint density at radius 1 is 1.06 bits per heavy atom. The molecule has 3 aromatic rings. The summed E-state index contributed by atoms with van der Waals surface area (Å²) in [5.41, 5.74) is 0.182. The third-order valence-corrected chi connectivity index (χ3v) is 6.78. The van der Waals surface area contributed by atoms with Gasteiger partial charge in [0.15, 0.2) is 5.65 Å². The first kappa shape index (κ1) is 25.7. The first-order chi connectivity index (χ1) is 15.9. The van der Waals surface area contributed by atoms with Gasteiger partial charge in [0.25, 0.3) is 5.56 Å². The van der Waals surface area contributed by atoms with Gasteiger partial charge in [0.2, 0.25) is 5.91 Å². The van der Waals surface area contributed by atoms with E-state index in [2.05, 4.69) is 27.4 Å². The normalized spacial score (nSPS) is 13.6. The molecule has 0 bridgehead atoms. The Morgan fingerprint density at radius 2 is 1.71 bits per heavy atom. The lowest BCUT2D eigenvalue weighted by molar-refractivity contribution is -0.120. The Labute approximate surface area is 203 Å². The van der Waals surface area contributed by atoms with Crippen LogP contribution in [0.4, 0.5) is 0 Å². The van der Waals surface area contributed by atoms with Crippen LogP contribution < -0.4 is 16.6 Å². The van der Waals surface area contributed by atoms with Crippen LogP contribution in [0.2, 0.25) is 0 Å². The van der Waals surface area contributed by atoms with Gasteiger partial charge in [-0.3, -0.25) is 18.7 Å². The lowest BCUT2D eigenvalue weighted by Crippen LogP contribution is -2.39. The van der Waals surface area contributed by atoms with Gasteiger partial charge in [0.05, 0.1) is 5.25 Å². The van der Waals surface area contributed by atoms with E-state index in [9.17, 15) is 14.4 Å². The van der Waals surface area contributed by atoms with Gasteiger partial charge < -0.3 is 5.32 Å². The van der Waals surface area contributed by atoms with Gasteiger partial charge in [-0.1, -0.05) is 62.9 Å². The average molecular weight is 484 g/mol. The third-order valence-electron chi connectivity index (χ3n) is 5.69. The average Bonchev–Trinajstić information content (AvgIpc) is 2.79. The fourth-order valence-corrected chi connectivity index (χ4v) is 4.48. The van der Waals surface area contributed by atoms with Crippen LogP contribution in [0.5, 0.6) is 0 Å². The van der Waals surface area contributed by atoms with E-state index < -0.39 is 21.9 Å². The summed E-state index contributed by atoms with van der Waals surface area (Å²) < 4.78 is 2.40. The lowest BCUT2D eigenvalue weighted by Gasteiger charge is -2.21. The topological polar surface area (TPSA) is 98.9 Å². The van der Waals surface area contributed by atoms with E-state index in [1.54, 1.807) is 14.0 Å². The van der Waals surface area contributed by atoms with Crippen molar-refractivity contribution in [2.75, 3.05) is 0 Å². The number of benzene rings is 1. The largest absolute Gasteiger partial charge is 0.353 e. The SMILES string of the molecule is C[C@H](CCc1ccccc1)NC(=O)[C@@H](C)Sc1nc(C(C)(C)C)nc2c1c(=O)n(C)c(=O)n2C. The molecule has 0 saturated carbocycles. The van der Waals surface area contributed by atoms with E-state index in [-0.39, 0.29) is 23.0 Å². The predicted octanol–water partition coefficient (Wildman–Crippen LogP) is 2.94. The molecule has 0 radical (unpaired) electrons. The van der Waals surface area contributed by atoms with Gasteiger partial charge in [-0.25, -0.2) is 14.8 Å². The molecule has 9 heteroatoms. The molecule has 0 fully saturated rings. The molecule has 0 unspecified atom stereocenters. The summed E-state index contributed by atoms with van der Waals surface area (Å²) in [4.78, 5) is 47.6. The summed E-state index contributed by atoms with van der Waals surface area (Å²) >= 11 is 1.21. The highest BCUT2D eigenvalue weighted by molar-refractivity contribution is 8.00. The number of carbonyl (C=O) groups is 1. The molecule has 0 aliphatic rings. The summed E-state index contributed by atoms with van der Waals surface area (Å²) in [6.07, 6.45) is 1.69. The van der Waals surface area contributed by atoms with Gasteiger partial charge in [-0.15, -0.1) is 0 Å². The van der Waals surface area contributed by atoms with Gasteiger partial charge >= 0.3 is 5.69 Å². The molecular weight excluding hydrogens is 450 g/mol. The maximum atomic E-state index is 13.0. The van der Waals surface area contributed by atoms with Crippen LogP contribution in [-0.4, -0.2) is 36.3 Å². The smallest absolute Gasteiger partial charge is 0.332 e. The van der Waals surface area contributed by atoms with E-state index in [0.717, 1.165) is 17.4 Å². The van der Waals surface area contributed by atoms with Crippen molar-refractivity contribution in [2.45, 2.75) is 69.2 Å². The second kappa shape index (κ2) is 10.1. The Morgan fingerprint density at radius 3 is 2.32 bits per heavy atom. The molecule has 0 spiro atoms. The van der Waals surface area contributed by atoms with E-state index in [1.165, 1.54) is 28.9 Å². The number of carbonyl (C=O) groups excluding carboxylic acids is 1. The molecule has 0 aliphatic heterocycles. The number of aromatic nitrogens is 4. The van der Waals surface area contributed by atoms with E-state index in [1.807, 2.05) is 45.9 Å². The molecule has 2 aromatic heterocycles. The van der Waals surface area contributed by atoms with Crippen LogP contribution in [0.1, 0.15) is 52.4 Å². The standard InChI is InChI=1S/C25H33N5O3S/c1-15(13-14-17-11-9-8-10-12-17)26-20(31)16(2)34-21-18-19(27-23(28-21)25(3,4)5)29(6)24(33)30(7)22(18)32/h8-12,15-16H,13-14H2,1-7H3,(H,26,31)/t15-,16-/m1/s1. The Bertz CT molecular complexity index is 1310. The van der Waals surface area contributed by atoms with Crippen LogP contribution in [0.15, 0.2) is 44.9 Å². The van der Waals surface area contributed by atoms with E-state index in [0.29, 0.717) is 10.9 Å². The Balaban J connectivity index is 1.87. The fourth-order valence-electron chi connectivity index (χ4n) is 3.53. The van der Waals surface area contributed by atoms with Crippen molar-refractivity contribution in [3.05, 3.63) is 62.6 Å². The highest BCUT2D eigenvalue weighted by Crippen LogP contribution is 2.29. The summed E-state index contributed by atoms with van der Waals surface area (Å²) in [5, 5.41) is 3.23. The summed E-state index contributed by atoms with van der Waals surface area (Å²) in [7, 11) is 3.02. The van der Waals surface area contributed by atoms with E-state index in [4.69, 9.17) is 0 Å². The number of hydrogen-bond donors (Lipinski definition) is 1. The predicted molar refractivity (Wildman–Crippen MR) is 136 cm³/mol. The molecule has 3 rings (SSSR count). The Hall–Kier alpha value is -2.94. The molecule has 2 heterocycles. The number of nitrogens with zero attached hydrogens (tertiary/aromatic N) is 4. The quantitative estimate of drug-likeness (QED) is 0.410. The summed E-state index contributed by atoms with van der Waals surface area (Å²) in [5.74, 6) is 0.380. The number of rotatable bonds is 7. The van der Waals surface area contributed by atoms with Crippen LogP contribution in [-0.2, 0) is 30.7 Å². The molecule has 1 aromatic carbocycles. The molecule has 1 N–H and O–H groups in total. The van der Waals surface area contributed by atoms with Crippen molar-refractivity contribution in [3.8, 4) is 0 Å². The molecule has 182 valence electrons. The van der Waals surface area contributed by atoms with Crippen LogP contribution in [0, 0.1) is 0 Å². The fraction of sp³-hybridized carbons (Fsp3) is 0.480. The molecule has 0 saturated heterocycles. The van der Waals surface area contributed by atoms with Gasteiger partial charge in [-0.2, -0.15) is 0 Å². The zero-order valence-corrected chi connectivity index (χ0v) is 21.7. The molecule has 8 nitrogen and oxygen atoms in total. The zero-order chi connectivity index (χ0) is 25.2. The molecule has 0 aliphatic carbocycles. The summed E-state index contributed by atoms with van der Waals surface area (Å²) in [6, 6.07) is 10.2. The molecule has 34 heavy (non-hydrogen) atoms. The minimum Gasteiger partial charge on any atom is -0.353 e. The minimum atomic E-state index is -0.493. The second-order valence-corrected chi connectivity index (χ2v) is 11.0. The van der Waals surface area contributed by atoms with Gasteiger partial charge in [0, 0.05) is 25.6 Å². The second-order valence-electron chi connectivity index (χ2n) is 9.70. The van der Waals surface area contributed by atoms with Crippen molar-refractivity contribution < 1.29 is 4.79 Å². The third kappa shape index (κ3) is 5.58. The number of nitrogens with one attached hydrogen (secondary N) is 1. The molecular formula is C25H33N5O3S. The lowest BCUT2D eigenvalue weighted by atomic mass is 9.96. The number of thioether (sulfide) groups is 1. The van der Waals surface area contributed by atoms with Crippen molar-refractivity contribution in [2.24, 2.45) is 14.1 Å². The van der Waals surface area contributed by atoms with Crippen molar-refractivity contribution in [1.82, 2.24) is 24.4 Å². The number of amides is 1. The number of hydrogen-bond acceptors (Lipinski definition) is 6. The van der Waals surface area contributed by atoms with Gasteiger partial charge in [0.1, 0.15) is 16.2 Å². The maximum Gasteiger partial charge on any atom is 0.332 e. The number of aryl methyl sites for hydroxylation is 2.